The topological polar surface area (TPSA) is 80.0 Å². The largest absolute Gasteiger partial charge is 0.352 e. The van der Waals surface area contributed by atoms with Crippen molar-refractivity contribution in [3.8, 4) is 5.82 Å². The molecule has 0 aliphatic carbocycles. The second kappa shape index (κ2) is 7.36. The lowest BCUT2D eigenvalue weighted by Crippen LogP contribution is -2.49. The molecular weight excluding hydrogens is 445 g/mol. The van der Waals surface area contributed by atoms with Crippen molar-refractivity contribution in [3.63, 3.8) is 0 Å². The summed E-state index contributed by atoms with van der Waals surface area (Å²) in [4.78, 5) is 20.6. The van der Waals surface area contributed by atoms with Crippen LogP contribution < -0.4 is 4.90 Å². The number of piperazine rings is 1. The number of nitrogens with zero attached hydrogens (tertiary/aromatic N) is 7. The summed E-state index contributed by atoms with van der Waals surface area (Å²) in [6.45, 7) is 2.78. The van der Waals surface area contributed by atoms with Gasteiger partial charge in [0.1, 0.15) is 12.7 Å². The van der Waals surface area contributed by atoms with E-state index in [9.17, 15) is 4.79 Å². The lowest BCUT2D eigenvalue weighted by molar-refractivity contribution is 0.0745. The van der Waals surface area contributed by atoms with Crippen LogP contribution in [0.25, 0.3) is 5.82 Å². The SMILES string of the molecule is O=C(c1ccccc1I)N1CCN(c2ccc(-n3cncn3)nn2)CC1. The van der Waals surface area contributed by atoms with Crippen LogP contribution in [0.15, 0.2) is 49.1 Å². The summed E-state index contributed by atoms with van der Waals surface area (Å²) in [6.07, 6.45) is 3.04. The molecule has 1 amide bonds. The van der Waals surface area contributed by atoms with Crippen LogP contribution in [0.5, 0.6) is 0 Å². The van der Waals surface area contributed by atoms with E-state index < -0.39 is 0 Å². The fourth-order valence-corrected chi connectivity index (χ4v) is 3.50. The van der Waals surface area contributed by atoms with Gasteiger partial charge in [0, 0.05) is 29.7 Å². The van der Waals surface area contributed by atoms with E-state index in [0.717, 1.165) is 28.0 Å². The number of hydrogen-bond acceptors (Lipinski definition) is 6. The maximum Gasteiger partial charge on any atom is 0.255 e. The molecule has 1 fully saturated rings. The Labute approximate surface area is 164 Å². The van der Waals surface area contributed by atoms with E-state index in [4.69, 9.17) is 0 Å². The van der Waals surface area contributed by atoms with Crippen molar-refractivity contribution in [2.45, 2.75) is 0 Å². The van der Waals surface area contributed by atoms with E-state index in [2.05, 4.69) is 47.8 Å². The smallest absolute Gasteiger partial charge is 0.255 e. The van der Waals surface area contributed by atoms with Crippen LogP contribution in [0.2, 0.25) is 0 Å². The Hall–Kier alpha value is -2.56. The van der Waals surface area contributed by atoms with Crippen LogP contribution in [-0.2, 0) is 0 Å². The third kappa shape index (κ3) is 3.39. The molecule has 0 unspecified atom stereocenters. The maximum absolute atomic E-state index is 12.7. The molecule has 1 aromatic carbocycles. The van der Waals surface area contributed by atoms with E-state index in [1.807, 2.05) is 41.3 Å². The summed E-state index contributed by atoms with van der Waals surface area (Å²) < 4.78 is 2.54. The zero-order valence-electron chi connectivity index (χ0n) is 13.9. The minimum Gasteiger partial charge on any atom is -0.352 e. The van der Waals surface area contributed by atoms with Gasteiger partial charge in [-0.2, -0.15) is 5.10 Å². The summed E-state index contributed by atoms with van der Waals surface area (Å²) in [5.41, 5.74) is 0.763. The molecule has 4 rings (SSSR count). The molecule has 1 saturated heterocycles. The number of amides is 1. The van der Waals surface area contributed by atoms with Gasteiger partial charge in [0.05, 0.1) is 5.56 Å². The summed E-state index contributed by atoms with van der Waals surface area (Å²) in [7, 11) is 0. The molecule has 132 valence electrons. The Kier molecular flexibility index (Phi) is 4.78. The van der Waals surface area contributed by atoms with Crippen LogP contribution in [0.3, 0.4) is 0 Å². The predicted octanol–water partition coefficient (Wildman–Crippen LogP) is 1.62. The second-order valence-electron chi connectivity index (χ2n) is 5.85. The van der Waals surface area contributed by atoms with Crippen LogP contribution in [0.1, 0.15) is 10.4 Å². The van der Waals surface area contributed by atoms with E-state index in [-0.39, 0.29) is 5.91 Å². The Morgan fingerprint density at radius 1 is 0.962 bits per heavy atom. The van der Waals surface area contributed by atoms with Gasteiger partial charge in [0.25, 0.3) is 5.91 Å². The van der Waals surface area contributed by atoms with E-state index in [1.165, 1.54) is 6.33 Å². The van der Waals surface area contributed by atoms with E-state index in [1.54, 1.807) is 11.0 Å². The minimum atomic E-state index is 0.0854. The number of carbonyl (C=O) groups is 1. The Balaban J connectivity index is 1.40. The number of halogens is 1. The summed E-state index contributed by atoms with van der Waals surface area (Å²) in [5, 5.41) is 12.5. The second-order valence-corrected chi connectivity index (χ2v) is 7.01. The number of hydrogen-bond donors (Lipinski definition) is 0. The van der Waals surface area contributed by atoms with Crippen molar-refractivity contribution < 1.29 is 4.79 Å². The van der Waals surface area contributed by atoms with Crippen LogP contribution in [-0.4, -0.2) is 61.9 Å². The molecule has 8 nitrogen and oxygen atoms in total. The number of rotatable bonds is 3. The molecule has 0 N–H and O–H groups in total. The van der Waals surface area contributed by atoms with Crippen molar-refractivity contribution in [1.29, 1.82) is 0 Å². The standard InChI is InChI=1S/C17H16IN7O/c18-14-4-2-1-3-13(14)17(26)24-9-7-23(8-10-24)15-5-6-16(22-21-15)25-12-19-11-20-25/h1-6,11-12H,7-10H2. The summed E-state index contributed by atoms with van der Waals surface area (Å²) >= 11 is 2.20. The van der Waals surface area contributed by atoms with Gasteiger partial charge in [-0.1, -0.05) is 12.1 Å². The molecule has 3 aromatic rings. The van der Waals surface area contributed by atoms with Crippen LogP contribution >= 0.6 is 22.6 Å². The van der Waals surface area contributed by atoms with Gasteiger partial charge < -0.3 is 9.80 Å². The molecule has 0 saturated carbocycles. The van der Waals surface area contributed by atoms with Crippen molar-refractivity contribution in [3.05, 3.63) is 58.2 Å². The minimum absolute atomic E-state index is 0.0854. The highest BCUT2D eigenvalue weighted by molar-refractivity contribution is 14.1. The fourth-order valence-electron chi connectivity index (χ4n) is 2.88. The zero-order chi connectivity index (χ0) is 17.9. The fraction of sp³-hybridized carbons (Fsp3) is 0.235. The molecule has 0 spiro atoms. The molecule has 0 atom stereocenters. The quantitative estimate of drug-likeness (QED) is 0.552. The first kappa shape index (κ1) is 16.9. The van der Waals surface area contributed by atoms with Crippen molar-refractivity contribution in [2.75, 3.05) is 31.1 Å². The van der Waals surface area contributed by atoms with E-state index >= 15 is 0 Å². The first-order valence-corrected chi connectivity index (χ1v) is 9.28. The van der Waals surface area contributed by atoms with E-state index in [0.29, 0.717) is 18.9 Å². The normalized spacial score (nSPS) is 14.5. The van der Waals surface area contributed by atoms with Gasteiger partial charge in [0.2, 0.25) is 0 Å². The van der Waals surface area contributed by atoms with Gasteiger partial charge in [0.15, 0.2) is 11.6 Å². The Morgan fingerprint density at radius 3 is 2.35 bits per heavy atom. The lowest BCUT2D eigenvalue weighted by Gasteiger charge is -2.35. The first-order chi connectivity index (χ1) is 12.7. The lowest BCUT2D eigenvalue weighted by atomic mass is 10.2. The van der Waals surface area contributed by atoms with Crippen LogP contribution in [0, 0.1) is 3.57 Å². The molecule has 1 aliphatic heterocycles. The highest BCUT2D eigenvalue weighted by Crippen LogP contribution is 2.18. The monoisotopic (exact) mass is 461 g/mol. The molecule has 3 heterocycles. The summed E-state index contributed by atoms with van der Waals surface area (Å²) in [6, 6.07) is 11.5. The highest BCUT2D eigenvalue weighted by atomic mass is 127. The molecule has 9 heteroatoms. The maximum atomic E-state index is 12.7. The van der Waals surface area contributed by atoms with Gasteiger partial charge in [-0.3, -0.25) is 4.79 Å². The summed E-state index contributed by atoms with van der Waals surface area (Å²) in [5.74, 6) is 1.51. The third-order valence-electron chi connectivity index (χ3n) is 4.29. The van der Waals surface area contributed by atoms with Crippen molar-refractivity contribution in [2.24, 2.45) is 0 Å². The number of anilines is 1. The molecule has 2 aromatic heterocycles. The Morgan fingerprint density at radius 2 is 1.69 bits per heavy atom. The average Bonchev–Trinajstić information content (AvgIpc) is 3.23. The zero-order valence-corrected chi connectivity index (χ0v) is 16.0. The molecule has 1 aliphatic rings. The first-order valence-electron chi connectivity index (χ1n) is 8.20. The third-order valence-corrected chi connectivity index (χ3v) is 5.23. The Bertz CT molecular complexity index is 890. The predicted molar refractivity (Wildman–Crippen MR) is 104 cm³/mol. The number of benzene rings is 1. The van der Waals surface area contributed by atoms with Crippen LogP contribution in [0.4, 0.5) is 5.82 Å². The number of aromatic nitrogens is 5. The average molecular weight is 461 g/mol. The molecule has 0 radical (unpaired) electrons. The molecular formula is C17H16IN7O. The number of carbonyl (C=O) groups excluding carboxylic acids is 1. The van der Waals surface area contributed by atoms with Gasteiger partial charge in [-0.25, -0.2) is 9.67 Å². The van der Waals surface area contributed by atoms with Crippen molar-refractivity contribution in [1.82, 2.24) is 29.9 Å². The highest BCUT2D eigenvalue weighted by Gasteiger charge is 2.24. The molecule has 0 bridgehead atoms. The van der Waals surface area contributed by atoms with Gasteiger partial charge in [-0.15, -0.1) is 10.2 Å². The van der Waals surface area contributed by atoms with Gasteiger partial charge in [-0.05, 0) is 46.9 Å². The van der Waals surface area contributed by atoms with Gasteiger partial charge >= 0.3 is 0 Å². The molecule has 26 heavy (non-hydrogen) atoms. The van der Waals surface area contributed by atoms with Crippen molar-refractivity contribution >= 4 is 34.3 Å².